The number of methoxy groups -OCH3 is 1. The van der Waals surface area contributed by atoms with Crippen molar-refractivity contribution in [1.82, 2.24) is 15.3 Å². The van der Waals surface area contributed by atoms with Crippen molar-refractivity contribution in [3.8, 4) is 0 Å². The lowest BCUT2D eigenvalue weighted by molar-refractivity contribution is 0.0600. The van der Waals surface area contributed by atoms with Crippen molar-refractivity contribution in [3.63, 3.8) is 0 Å². The number of rotatable bonds is 7. The monoisotopic (exact) mass is 328 g/mol. The Bertz CT molecular complexity index is 701. The molecule has 1 amide bonds. The summed E-state index contributed by atoms with van der Waals surface area (Å²) in [4.78, 5) is 31.5. The molecule has 126 valence electrons. The van der Waals surface area contributed by atoms with Crippen LogP contribution in [0.2, 0.25) is 0 Å². The molecular weight excluding hydrogens is 308 g/mol. The molecule has 1 aromatic heterocycles. The van der Waals surface area contributed by atoms with E-state index in [0.29, 0.717) is 23.6 Å². The first kappa shape index (κ1) is 17.4. The molecular formula is C17H20N4O3. The van der Waals surface area contributed by atoms with Crippen molar-refractivity contribution in [2.24, 2.45) is 0 Å². The number of hydrogen-bond donors (Lipinski definition) is 2. The number of carbonyl (C=O) groups is 2. The van der Waals surface area contributed by atoms with Crippen LogP contribution in [-0.2, 0) is 4.74 Å². The third-order valence-corrected chi connectivity index (χ3v) is 3.29. The maximum absolute atomic E-state index is 12.0. The quantitative estimate of drug-likeness (QED) is 0.599. The molecule has 2 aromatic rings. The third kappa shape index (κ3) is 4.77. The molecule has 2 N–H and O–H groups in total. The van der Waals surface area contributed by atoms with E-state index in [1.54, 1.807) is 30.3 Å². The fourth-order valence-electron chi connectivity index (χ4n) is 1.97. The van der Waals surface area contributed by atoms with E-state index in [0.717, 1.165) is 18.5 Å². The van der Waals surface area contributed by atoms with Crippen LogP contribution in [0.4, 0.5) is 11.5 Å². The van der Waals surface area contributed by atoms with Crippen LogP contribution in [0.15, 0.2) is 36.7 Å². The van der Waals surface area contributed by atoms with Crippen LogP contribution in [0.5, 0.6) is 0 Å². The Hall–Kier alpha value is -2.96. The van der Waals surface area contributed by atoms with Crippen LogP contribution in [-0.4, -0.2) is 35.5 Å². The van der Waals surface area contributed by atoms with Gasteiger partial charge < -0.3 is 15.4 Å². The normalized spacial score (nSPS) is 10.1. The zero-order chi connectivity index (χ0) is 17.4. The Kier molecular flexibility index (Phi) is 6.24. The number of nitrogens with zero attached hydrogens (tertiary/aromatic N) is 2. The lowest BCUT2D eigenvalue weighted by Crippen LogP contribution is -2.25. The zero-order valence-electron chi connectivity index (χ0n) is 13.7. The molecule has 0 saturated heterocycles. The van der Waals surface area contributed by atoms with E-state index in [1.165, 1.54) is 13.4 Å². The predicted octanol–water partition coefficient (Wildman–Crippen LogP) is 2.54. The molecule has 0 saturated carbocycles. The molecule has 0 aliphatic heterocycles. The molecule has 1 aromatic carbocycles. The highest BCUT2D eigenvalue weighted by Gasteiger charge is 2.09. The van der Waals surface area contributed by atoms with Gasteiger partial charge in [0.15, 0.2) is 0 Å². The number of esters is 1. The van der Waals surface area contributed by atoms with Gasteiger partial charge in [-0.05, 0) is 30.7 Å². The highest BCUT2D eigenvalue weighted by Crippen LogP contribution is 2.16. The summed E-state index contributed by atoms with van der Waals surface area (Å²) in [7, 11) is 1.34. The Balaban J connectivity index is 2.03. The fraction of sp³-hybridized carbons (Fsp3) is 0.294. The van der Waals surface area contributed by atoms with Gasteiger partial charge in [-0.2, -0.15) is 0 Å². The second kappa shape index (κ2) is 8.61. The number of amides is 1. The van der Waals surface area contributed by atoms with Gasteiger partial charge >= 0.3 is 5.97 Å². The third-order valence-electron chi connectivity index (χ3n) is 3.29. The van der Waals surface area contributed by atoms with Gasteiger partial charge in [-0.25, -0.2) is 14.8 Å². The average molecular weight is 328 g/mol. The first-order chi connectivity index (χ1) is 11.6. The molecule has 0 spiro atoms. The first-order valence-electron chi connectivity index (χ1n) is 7.69. The van der Waals surface area contributed by atoms with Gasteiger partial charge in [0.2, 0.25) is 0 Å². The van der Waals surface area contributed by atoms with Gasteiger partial charge in [-0.15, -0.1) is 0 Å². The molecule has 0 fully saturated rings. The second-order valence-corrected chi connectivity index (χ2v) is 5.09. The van der Waals surface area contributed by atoms with E-state index in [9.17, 15) is 9.59 Å². The largest absolute Gasteiger partial charge is 0.465 e. The van der Waals surface area contributed by atoms with Crippen LogP contribution in [0.1, 0.15) is 40.6 Å². The van der Waals surface area contributed by atoms with Crippen molar-refractivity contribution >= 4 is 23.4 Å². The van der Waals surface area contributed by atoms with E-state index >= 15 is 0 Å². The van der Waals surface area contributed by atoms with Crippen LogP contribution in [0, 0.1) is 0 Å². The van der Waals surface area contributed by atoms with Crippen LogP contribution in [0.25, 0.3) is 0 Å². The molecule has 0 unspecified atom stereocenters. The molecule has 0 aliphatic rings. The van der Waals surface area contributed by atoms with E-state index in [4.69, 9.17) is 0 Å². The molecule has 0 atom stereocenters. The summed E-state index contributed by atoms with van der Waals surface area (Å²) in [6.07, 6.45) is 3.27. The molecule has 1 heterocycles. The Morgan fingerprint density at radius 1 is 1.17 bits per heavy atom. The summed E-state index contributed by atoms with van der Waals surface area (Å²) in [6, 6.07) is 8.33. The van der Waals surface area contributed by atoms with Crippen molar-refractivity contribution in [2.75, 3.05) is 19.0 Å². The zero-order valence-corrected chi connectivity index (χ0v) is 13.7. The fourth-order valence-corrected chi connectivity index (χ4v) is 1.97. The Labute approximate surface area is 140 Å². The predicted molar refractivity (Wildman–Crippen MR) is 90.3 cm³/mol. The number of aromatic nitrogens is 2. The summed E-state index contributed by atoms with van der Waals surface area (Å²) >= 11 is 0. The van der Waals surface area contributed by atoms with E-state index < -0.39 is 5.97 Å². The van der Waals surface area contributed by atoms with Crippen LogP contribution in [0.3, 0.4) is 0 Å². The van der Waals surface area contributed by atoms with Gasteiger partial charge in [-0.1, -0.05) is 13.3 Å². The van der Waals surface area contributed by atoms with Gasteiger partial charge in [0.1, 0.15) is 17.8 Å². The standard InChI is InChI=1S/C17H20N4O3/c1-3-4-9-18-16(22)14-10-15(20-11-19-14)21-13-7-5-12(6-8-13)17(23)24-2/h5-8,10-11H,3-4,9H2,1-2H3,(H,18,22)(H,19,20,21). The van der Waals surface area contributed by atoms with Crippen molar-refractivity contribution < 1.29 is 14.3 Å². The summed E-state index contributed by atoms with van der Waals surface area (Å²) in [5.41, 5.74) is 1.50. The van der Waals surface area contributed by atoms with E-state index in [2.05, 4.69) is 32.3 Å². The minimum atomic E-state index is -0.394. The van der Waals surface area contributed by atoms with Crippen LogP contribution >= 0.6 is 0 Å². The number of anilines is 2. The van der Waals surface area contributed by atoms with Gasteiger partial charge in [0.25, 0.3) is 5.91 Å². The second-order valence-electron chi connectivity index (χ2n) is 5.09. The van der Waals surface area contributed by atoms with Crippen molar-refractivity contribution in [2.45, 2.75) is 19.8 Å². The summed E-state index contributed by atoms with van der Waals surface area (Å²) < 4.78 is 4.65. The smallest absolute Gasteiger partial charge is 0.337 e. The lowest BCUT2D eigenvalue weighted by atomic mass is 10.2. The number of ether oxygens (including phenoxy) is 1. The number of hydrogen-bond acceptors (Lipinski definition) is 6. The number of nitrogens with one attached hydrogen (secondary N) is 2. The van der Waals surface area contributed by atoms with Gasteiger partial charge in [0, 0.05) is 18.3 Å². The molecule has 7 heteroatoms. The average Bonchev–Trinajstić information content (AvgIpc) is 2.62. The van der Waals surface area contributed by atoms with Gasteiger partial charge in [-0.3, -0.25) is 4.79 Å². The van der Waals surface area contributed by atoms with Gasteiger partial charge in [0.05, 0.1) is 12.7 Å². The molecule has 7 nitrogen and oxygen atoms in total. The minimum Gasteiger partial charge on any atom is -0.465 e. The molecule has 0 radical (unpaired) electrons. The number of benzene rings is 1. The Morgan fingerprint density at radius 3 is 2.58 bits per heavy atom. The molecule has 24 heavy (non-hydrogen) atoms. The maximum atomic E-state index is 12.0. The highest BCUT2D eigenvalue weighted by molar-refractivity contribution is 5.93. The summed E-state index contributed by atoms with van der Waals surface area (Å²) in [5.74, 6) is -0.124. The highest BCUT2D eigenvalue weighted by atomic mass is 16.5. The molecule has 0 bridgehead atoms. The minimum absolute atomic E-state index is 0.227. The number of carbonyl (C=O) groups excluding carboxylic acids is 2. The summed E-state index contributed by atoms with van der Waals surface area (Å²) in [6.45, 7) is 2.68. The maximum Gasteiger partial charge on any atom is 0.337 e. The Morgan fingerprint density at radius 2 is 1.92 bits per heavy atom. The first-order valence-corrected chi connectivity index (χ1v) is 7.69. The molecule has 0 aliphatic carbocycles. The topological polar surface area (TPSA) is 93.2 Å². The lowest BCUT2D eigenvalue weighted by Gasteiger charge is -2.08. The SMILES string of the molecule is CCCCNC(=O)c1cc(Nc2ccc(C(=O)OC)cc2)ncn1. The van der Waals surface area contributed by atoms with Crippen LogP contribution < -0.4 is 10.6 Å². The van der Waals surface area contributed by atoms with Crippen molar-refractivity contribution in [1.29, 1.82) is 0 Å². The van der Waals surface area contributed by atoms with E-state index in [-0.39, 0.29) is 5.91 Å². The van der Waals surface area contributed by atoms with E-state index in [1.807, 2.05) is 0 Å². The van der Waals surface area contributed by atoms with Crippen molar-refractivity contribution in [3.05, 3.63) is 47.9 Å². The molecule has 2 rings (SSSR count). The summed E-state index contributed by atoms with van der Waals surface area (Å²) in [5, 5.41) is 5.88. The number of unbranched alkanes of at least 4 members (excludes halogenated alkanes) is 1.